The smallest absolute Gasteiger partial charge is 0.410 e. The first-order valence-corrected chi connectivity index (χ1v) is 9.46. The molecule has 1 saturated carbocycles. The highest BCUT2D eigenvalue weighted by Gasteiger charge is 2.33. The molecule has 2 fully saturated rings. The number of hydrogen-bond acceptors (Lipinski definition) is 4. The maximum Gasteiger partial charge on any atom is 0.410 e. The summed E-state index contributed by atoms with van der Waals surface area (Å²) in [5, 5.41) is 5.93. The van der Waals surface area contributed by atoms with E-state index in [0.717, 1.165) is 37.0 Å². The molecule has 1 saturated heterocycles. The molecule has 1 aliphatic carbocycles. The summed E-state index contributed by atoms with van der Waals surface area (Å²) in [7, 11) is 0. The first-order valence-electron chi connectivity index (χ1n) is 9.46. The minimum absolute atomic E-state index is 0.132. The number of benzene rings is 1. The molecule has 0 bridgehead atoms. The summed E-state index contributed by atoms with van der Waals surface area (Å²) in [5.74, 6) is 0.746. The lowest BCUT2D eigenvalue weighted by Crippen LogP contribution is -2.46. The summed E-state index contributed by atoms with van der Waals surface area (Å²) in [6.45, 7) is 5.63. The van der Waals surface area contributed by atoms with Crippen molar-refractivity contribution in [1.82, 2.24) is 15.5 Å². The second kappa shape index (κ2) is 9.30. The van der Waals surface area contributed by atoms with Crippen molar-refractivity contribution >= 4 is 12.1 Å². The Morgan fingerprint density at radius 2 is 2.07 bits per heavy atom. The maximum atomic E-state index is 12.2. The van der Waals surface area contributed by atoms with Crippen molar-refractivity contribution in [2.45, 2.75) is 44.3 Å². The Kier molecular flexibility index (Phi) is 6.57. The molecule has 3 amide bonds. The van der Waals surface area contributed by atoms with Gasteiger partial charge in [0.05, 0.1) is 6.54 Å². The third-order valence-corrected chi connectivity index (χ3v) is 5.03. The Labute approximate surface area is 159 Å². The van der Waals surface area contributed by atoms with E-state index in [2.05, 4.69) is 17.2 Å². The van der Waals surface area contributed by atoms with Gasteiger partial charge in [-0.2, -0.15) is 0 Å². The molecule has 0 unspecified atom stereocenters. The zero-order valence-electron chi connectivity index (χ0n) is 15.5. The summed E-state index contributed by atoms with van der Waals surface area (Å²) in [4.78, 5) is 25.7. The summed E-state index contributed by atoms with van der Waals surface area (Å²) in [5.41, 5.74) is 0.922. The Bertz CT molecular complexity index is 671. The Morgan fingerprint density at radius 3 is 2.78 bits per heavy atom. The molecule has 7 heteroatoms. The molecule has 7 nitrogen and oxygen atoms in total. The highest BCUT2D eigenvalue weighted by molar-refractivity contribution is 5.74. The van der Waals surface area contributed by atoms with Crippen molar-refractivity contribution in [3.05, 3.63) is 42.5 Å². The fraction of sp³-hybridized carbons (Fsp3) is 0.500. The van der Waals surface area contributed by atoms with Crippen molar-refractivity contribution in [2.75, 3.05) is 19.8 Å². The molecule has 1 aromatic rings. The largest absolute Gasteiger partial charge is 0.489 e. The van der Waals surface area contributed by atoms with Crippen molar-refractivity contribution in [3.63, 3.8) is 0 Å². The lowest BCUT2D eigenvalue weighted by molar-refractivity contribution is 0.135. The van der Waals surface area contributed by atoms with Gasteiger partial charge in [-0.05, 0) is 31.7 Å². The number of para-hydroxylation sites is 1. The minimum Gasteiger partial charge on any atom is -0.489 e. The van der Waals surface area contributed by atoms with Crippen LogP contribution in [0, 0.1) is 0 Å². The monoisotopic (exact) mass is 373 g/mol. The van der Waals surface area contributed by atoms with Gasteiger partial charge in [0, 0.05) is 24.2 Å². The zero-order valence-corrected chi connectivity index (χ0v) is 15.5. The van der Waals surface area contributed by atoms with Crippen LogP contribution in [0.15, 0.2) is 36.9 Å². The molecule has 0 aromatic heterocycles. The van der Waals surface area contributed by atoms with Gasteiger partial charge in [0.25, 0.3) is 0 Å². The van der Waals surface area contributed by atoms with Crippen LogP contribution in [-0.2, 0) is 11.3 Å². The van der Waals surface area contributed by atoms with E-state index in [0.29, 0.717) is 26.3 Å². The molecule has 27 heavy (non-hydrogen) atoms. The quantitative estimate of drug-likeness (QED) is 0.721. The molecule has 2 aliphatic rings. The maximum absolute atomic E-state index is 12.2. The fourth-order valence-corrected chi connectivity index (χ4v) is 3.62. The number of urea groups is 1. The highest BCUT2D eigenvalue weighted by Crippen LogP contribution is 2.25. The number of hydrogen-bond donors (Lipinski definition) is 2. The van der Waals surface area contributed by atoms with Crippen molar-refractivity contribution in [1.29, 1.82) is 0 Å². The van der Waals surface area contributed by atoms with Gasteiger partial charge in [-0.15, -0.1) is 0 Å². The number of ether oxygens (including phenoxy) is 2. The molecule has 1 aliphatic heterocycles. The van der Waals surface area contributed by atoms with Crippen LogP contribution in [0.5, 0.6) is 5.75 Å². The summed E-state index contributed by atoms with van der Waals surface area (Å²) in [6.07, 6.45) is 4.98. The average molecular weight is 373 g/mol. The van der Waals surface area contributed by atoms with Gasteiger partial charge >= 0.3 is 12.1 Å². The fourth-order valence-electron chi connectivity index (χ4n) is 3.62. The van der Waals surface area contributed by atoms with Gasteiger partial charge in [0.2, 0.25) is 0 Å². The van der Waals surface area contributed by atoms with Crippen molar-refractivity contribution in [2.24, 2.45) is 0 Å². The van der Waals surface area contributed by atoms with E-state index in [9.17, 15) is 9.59 Å². The van der Waals surface area contributed by atoms with Gasteiger partial charge in [0.15, 0.2) is 0 Å². The van der Waals surface area contributed by atoms with E-state index < -0.39 is 0 Å². The first-order chi connectivity index (χ1) is 13.2. The Hall–Kier alpha value is -2.70. The normalized spacial score (nSPS) is 22.1. The second-order valence-corrected chi connectivity index (χ2v) is 6.85. The molecule has 0 spiro atoms. The number of cyclic esters (lactones) is 1. The number of carbonyl (C=O) groups is 2. The number of nitrogens with one attached hydrogen (secondary N) is 2. The molecule has 0 atom stereocenters. The van der Waals surface area contributed by atoms with Gasteiger partial charge in [0.1, 0.15) is 19.0 Å². The summed E-state index contributed by atoms with van der Waals surface area (Å²) in [6, 6.07) is 7.80. The topological polar surface area (TPSA) is 79.9 Å². The average Bonchev–Trinajstić information content (AvgIpc) is 3.12. The molecule has 3 rings (SSSR count). The lowest BCUT2D eigenvalue weighted by atomic mass is 9.90. The number of nitrogens with zero attached hydrogens (tertiary/aromatic N) is 1. The third kappa shape index (κ3) is 5.15. The second-order valence-electron chi connectivity index (χ2n) is 6.85. The highest BCUT2D eigenvalue weighted by atomic mass is 16.6. The van der Waals surface area contributed by atoms with Gasteiger partial charge in [-0.25, -0.2) is 9.59 Å². The van der Waals surface area contributed by atoms with Gasteiger partial charge < -0.3 is 25.0 Å². The number of carbonyl (C=O) groups excluding carboxylic acids is 2. The molecule has 0 radical (unpaired) electrons. The predicted octanol–water partition coefficient (Wildman–Crippen LogP) is 2.81. The van der Waals surface area contributed by atoms with Crippen LogP contribution in [0.3, 0.4) is 0 Å². The van der Waals surface area contributed by atoms with E-state index >= 15 is 0 Å². The van der Waals surface area contributed by atoms with Crippen molar-refractivity contribution < 1.29 is 19.1 Å². The summed E-state index contributed by atoms with van der Waals surface area (Å²) >= 11 is 0. The SMILES string of the molecule is C=CCOc1ccccc1CNC(=O)NC1CCC(N2CCOC2=O)CC1. The van der Waals surface area contributed by atoms with E-state index in [1.54, 1.807) is 6.08 Å². The molecule has 1 heterocycles. The van der Waals surface area contributed by atoms with E-state index in [1.807, 2.05) is 29.2 Å². The van der Waals surface area contributed by atoms with Crippen LogP contribution >= 0.6 is 0 Å². The lowest BCUT2D eigenvalue weighted by Gasteiger charge is -2.33. The van der Waals surface area contributed by atoms with E-state index in [-0.39, 0.29) is 24.2 Å². The standard InChI is InChI=1S/C20H27N3O4/c1-2-12-26-18-6-4-3-5-15(18)14-21-19(24)22-16-7-9-17(10-8-16)23-11-13-27-20(23)25/h2-6,16-17H,1,7-14H2,(H2,21,22,24). The van der Waals surface area contributed by atoms with Crippen LogP contribution in [0.25, 0.3) is 0 Å². The molecule has 146 valence electrons. The van der Waals surface area contributed by atoms with E-state index in [4.69, 9.17) is 9.47 Å². The van der Waals surface area contributed by atoms with Crippen LogP contribution in [0.1, 0.15) is 31.2 Å². The minimum atomic E-state index is -0.207. The van der Waals surface area contributed by atoms with Gasteiger partial charge in [-0.3, -0.25) is 0 Å². The molecule has 2 N–H and O–H groups in total. The van der Waals surface area contributed by atoms with Crippen LogP contribution in [-0.4, -0.2) is 48.9 Å². The Balaban J connectivity index is 1.41. The van der Waals surface area contributed by atoms with Crippen molar-refractivity contribution in [3.8, 4) is 5.75 Å². The summed E-state index contributed by atoms with van der Waals surface area (Å²) < 4.78 is 10.6. The third-order valence-electron chi connectivity index (χ3n) is 5.03. The Morgan fingerprint density at radius 1 is 1.30 bits per heavy atom. The molecular weight excluding hydrogens is 346 g/mol. The number of rotatable bonds is 7. The zero-order chi connectivity index (χ0) is 19.1. The van der Waals surface area contributed by atoms with Crippen LogP contribution in [0.2, 0.25) is 0 Å². The van der Waals surface area contributed by atoms with Crippen LogP contribution in [0.4, 0.5) is 9.59 Å². The first kappa shape index (κ1) is 19.1. The molecular formula is C20H27N3O4. The number of amides is 3. The predicted molar refractivity (Wildman–Crippen MR) is 102 cm³/mol. The molecule has 1 aromatic carbocycles. The van der Waals surface area contributed by atoms with Gasteiger partial charge in [-0.1, -0.05) is 30.9 Å². The van der Waals surface area contributed by atoms with Crippen LogP contribution < -0.4 is 15.4 Å². The van der Waals surface area contributed by atoms with E-state index in [1.165, 1.54) is 0 Å².